The summed E-state index contributed by atoms with van der Waals surface area (Å²) in [5.41, 5.74) is 2.41. The first-order chi connectivity index (χ1) is 7.91. The van der Waals surface area contributed by atoms with Crippen LogP contribution in [0.2, 0.25) is 0 Å². The maximum atomic E-state index is 12.3. The third-order valence-electron chi connectivity index (χ3n) is 2.51. The molecular weight excluding hydrogens is 236 g/mol. The highest BCUT2D eigenvalue weighted by Crippen LogP contribution is 2.28. The molecule has 0 aliphatic carbocycles. The normalized spacial score (nSPS) is 11.6. The van der Waals surface area contributed by atoms with Gasteiger partial charge in [0, 0.05) is 18.5 Å². The Hall–Kier alpha value is -0.940. The first-order valence-electron chi connectivity index (χ1n) is 5.76. The van der Waals surface area contributed by atoms with Crippen molar-refractivity contribution in [1.29, 1.82) is 0 Å². The third kappa shape index (κ3) is 3.26. The van der Waals surface area contributed by atoms with E-state index in [-0.39, 0.29) is 17.9 Å². The van der Waals surface area contributed by atoms with Gasteiger partial charge < -0.3 is 10.0 Å². The Balaban J connectivity index is 3.00. The largest absolute Gasteiger partial charge is 0.395 e. The SMILES string of the molecule is CCN(CCO)C(=O)c1scnc1C(C)(C)C. The monoisotopic (exact) mass is 256 g/mol. The van der Waals surface area contributed by atoms with Gasteiger partial charge in [0.2, 0.25) is 0 Å². The first kappa shape index (κ1) is 14.1. The van der Waals surface area contributed by atoms with E-state index < -0.39 is 0 Å². The summed E-state index contributed by atoms with van der Waals surface area (Å²) in [6.45, 7) is 9.00. The Morgan fingerprint density at radius 3 is 2.65 bits per heavy atom. The fourth-order valence-corrected chi connectivity index (χ4v) is 2.56. The van der Waals surface area contributed by atoms with Gasteiger partial charge in [0.05, 0.1) is 17.8 Å². The lowest BCUT2D eigenvalue weighted by Gasteiger charge is -2.22. The fourth-order valence-electron chi connectivity index (χ4n) is 1.60. The van der Waals surface area contributed by atoms with Gasteiger partial charge in [0.15, 0.2) is 0 Å². The molecule has 0 aromatic carbocycles. The standard InChI is InChI=1S/C12H20N2O2S/c1-5-14(6-7-15)11(16)9-10(12(2,3)4)13-8-17-9/h8,15H,5-7H2,1-4H3. The van der Waals surface area contributed by atoms with Crippen LogP contribution in [0.4, 0.5) is 0 Å². The van der Waals surface area contributed by atoms with E-state index in [9.17, 15) is 4.79 Å². The van der Waals surface area contributed by atoms with E-state index in [1.165, 1.54) is 11.3 Å². The summed E-state index contributed by atoms with van der Waals surface area (Å²) in [6.07, 6.45) is 0. The molecule has 0 atom stereocenters. The van der Waals surface area contributed by atoms with Crippen molar-refractivity contribution in [2.45, 2.75) is 33.1 Å². The number of aliphatic hydroxyl groups excluding tert-OH is 1. The van der Waals surface area contributed by atoms with Crippen LogP contribution in [-0.2, 0) is 5.41 Å². The number of carbonyl (C=O) groups excluding carboxylic acids is 1. The van der Waals surface area contributed by atoms with Crippen molar-refractivity contribution < 1.29 is 9.90 Å². The lowest BCUT2D eigenvalue weighted by Crippen LogP contribution is -2.34. The second-order valence-electron chi connectivity index (χ2n) is 4.89. The predicted octanol–water partition coefficient (Wildman–Crippen LogP) is 1.89. The molecule has 1 aromatic heterocycles. The summed E-state index contributed by atoms with van der Waals surface area (Å²) in [7, 11) is 0. The van der Waals surface area contributed by atoms with Crippen LogP contribution in [0.1, 0.15) is 43.1 Å². The van der Waals surface area contributed by atoms with Gasteiger partial charge in [0.25, 0.3) is 5.91 Å². The summed E-state index contributed by atoms with van der Waals surface area (Å²) >= 11 is 1.37. The lowest BCUT2D eigenvalue weighted by atomic mass is 9.91. The van der Waals surface area contributed by atoms with Crippen molar-refractivity contribution in [3.8, 4) is 0 Å². The molecular formula is C12H20N2O2S. The number of hydrogen-bond donors (Lipinski definition) is 1. The van der Waals surface area contributed by atoms with Crippen LogP contribution in [0.25, 0.3) is 0 Å². The second kappa shape index (κ2) is 5.60. The van der Waals surface area contributed by atoms with E-state index in [0.29, 0.717) is 18.0 Å². The van der Waals surface area contributed by atoms with Crippen molar-refractivity contribution in [2.75, 3.05) is 19.7 Å². The molecule has 1 rings (SSSR count). The molecule has 0 aliphatic rings. The number of aromatic nitrogens is 1. The minimum absolute atomic E-state index is 0.0107. The average Bonchev–Trinajstić information content (AvgIpc) is 2.73. The van der Waals surface area contributed by atoms with Crippen LogP contribution in [0.15, 0.2) is 5.51 Å². The molecule has 17 heavy (non-hydrogen) atoms. The van der Waals surface area contributed by atoms with Gasteiger partial charge in [-0.1, -0.05) is 20.8 Å². The number of rotatable bonds is 4. The molecule has 5 heteroatoms. The lowest BCUT2D eigenvalue weighted by molar-refractivity contribution is 0.0734. The molecule has 0 saturated heterocycles. The highest BCUT2D eigenvalue weighted by Gasteiger charge is 2.27. The van der Waals surface area contributed by atoms with Gasteiger partial charge >= 0.3 is 0 Å². The van der Waals surface area contributed by atoms with E-state index in [4.69, 9.17) is 5.11 Å². The molecule has 4 nitrogen and oxygen atoms in total. The number of aliphatic hydroxyl groups is 1. The Morgan fingerprint density at radius 1 is 1.53 bits per heavy atom. The van der Waals surface area contributed by atoms with Gasteiger partial charge in [-0.2, -0.15) is 0 Å². The molecule has 0 unspecified atom stereocenters. The quantitative estimate of drug-likeness (QED) is 0.895. The maximum Gasteiger partial charge on any atom is 0.265 e. The number of likely N-dealkylation sites (N-methyl/N-ethyl adjacent to an activating group) is 1. The highest BCUT2D eigenvalue weighted by atomic mass is 32.1. The molecule has 1 heterocycles. The van der Waals surface area contributed by atoms with Crippen molar-refractivity contribution in [3.63, 3.8) is 0 Å². The summed E-state index contributed by atoms with van der Waals surface area (Å²) in [5.74, 6) is -0.0334. The van der Waals surface area contributed by atoms with Gasteiger partial charge in [-0.15, -0.1) is 11.3 Å². The molecule has 0 radical (unpaired) electrons. The van der Waals surface area contributed by atoms with Crippen molar-refractivity contribution in [1.82, 2.24) is 9.88 Å². The Labute approximate surface area is 106 Å². The fraction of sp³-hybridized carbons (Fsp3) is 0.667. The molecule has 1 N–H and O–H groups in total. The Bertz CT molecular complexity index is 382. The van der Waals surface area contributed by atoms with E-state index in [1.807, 2.05) is 27.7 Å². The molecule has 0 saturated carbocycles. The number of amides is 1. The smallest absolute Gasteiger partial charge is 0.265 e. The first-order valence-corrected chi connectivity index (χ1v) is 6.63. The van der Waals surface area contributed by atoms with Crippen LogP contribution in [0, 0.1) is 0 Å². The van der Waals surface area contributed by atoms with Crippen molar-refractivity contribution >= 4 is 17.2 Å². The van der Waals surface area contributed by atoms with Crippen molar-refractivity contribution in [3.05, 3.63) is 16.1 Å². The zero-order valence-electron chi connectivity index (χ0n) is 10.9. The van der Waals surface area contributed by atoms with Gasteiger partial charge in [0.1, 0.15) is 4.88 Å². The van der Waals surface area contributed by atoms with Crippen LogP contribution in [-0.4, -0.2) is 40.6 Å². The summed E-state index contributed by atoms with van der Waals surface area (Å²) in [6, 6.07) is 0. The van der Waals surface area contributed by atoms with Crippen molar-refractivity contribution in [2.24, 2.45) is 0 Å². The second-order valence-corrected chi connectivity index (χ2v) is 5.74. The van der Waals surface area contributed by atoms with Crippen LogP contribution in [0.5, 0.6) is 0 Å². The molecule has 1 aromatic rings. The van der Waals surface area contributed by atoms with Crippen LogP contribution >= 0.6 is 11.3 Å². The molecule has 0 bridgehead atoms. The zero-order valence-corrected chi connectivity index (χ0v) is 11.7. The zero-order chi connectivity index (χ0) is 13.1. The van der Waals surface area contributed by atoms with E-state index in [2.05, 4.69) is 4.98 Å². The highest BCUT2D eigenvalue weighted by molar-refractivity contribution is 7.11. The maximum absolute atomic E-state index is 12.3. The topological polar surface area (TPSA) is 53.4 Å². The molecule has 0 fully saturated rings. The van der Waals surface area contributed by atoms with E-state index >= 15 is 0 Å². The summed E-state index contributed by atoms with van der Waals surface area (Å²) < 4.78 is 0. The predicted molar refractivity (Wildman–Crippen MR) is 69.5 cm³/mol. The molecule has 0 aliphatic heterocycles. The Kier molecular flexibility index (Phi) is 4.65. The molecule has 1 amide bonds. The Morgan fingerprint density at radius 2 is 2.18 bits per heavy atom. The molecule has 0 spiro atoms. The summed E-state index contributed by atoms with van der Waals surface area (Å²) in [5, 5.41) is 8.94. The molecule has 96 valence electrons. The van der Waals surface area contributed by atoms with Gasteiger partial charge in [-0.3, -0.25) is 4.79 Å². The van der Waals surface area contributed by atoms with Gasteiger partial charge in [-0.05, 0) is 6.92 Å². The number of hydrogen-bond acceptors (Lipinski definition) is 4. The van der Waals surface area contributed by atoms with E-state index in [0.717, 1.165) is 5.69 Å². The average molecular weight is 256 g/mol. The van der Waals surface area contributed by atoms with Crippen LogP contribution in [0.3, 0.4) is 0 Å². The number of thiazole rings is 1. The van der Waals surface area contributed by atoms with E-state index in [1.54, 1.807) is 10.4 Å². The summed E-state index contributed by atoms with van der Waals surface area (Å²) in [4.78, 5) is 18.9. The van der Waals surface area contributed by atoms with Gasteiger partial charge in [-0.25, -0.2) is 4.98 Å². The van der Waals surface area contributed by atoms with Crippen LogP contribution < -0.4 is 0 Å². The number of nitrogens with zero attached hydrogens (tertiary/aromatic N) is 2. The minimum atomic E-state index is -0.135. The minimum Gasteiger partial charge on any atom is -0.395 e. The third-order valence-corrected chi connectivity index (χ3v) is 3.33. The number of carbonyl (C=O) groups is 1.